The second-order valence-corrected chi connectivity index (χ2v) is 6.74. The molecule has 0 saturated carbocycles. The molecule has 0 bridgehead atoms. The summed E-state index contributed by atoms with van der Waals surface area (Å²) >= 11 is 0. The van der Waals surface area contributed by atoms with Gasteiger partial charge >= 0.3 is 0 Å². The maximum Gasteiger partial charge on any atom is 0.206 e. The predicted molar refractivity (Wildman–Crippen MR) is 113 cm³/mol. The van der Waals surface area contributed by atoms with Gasteiger partial charge in [0.1, 0.15) is 5.69 Å². The maximum absolute atomic E-state index is 12.8. The zero-order valence-electron chi connectivity index (χ0n) is 17.5. The number of methoxy groups -OCH3 is 3. The Morgan fingerprint density at radius 3 is 1.90 bits per heavy atom. The van der Waals surface area contributed by atoms with Crippen LogP contribution in [0.15, 0.2) is 30.3 Å². The number of carbonyl (C=O) groups excluding carboxylic acids is 1. The van der Waals surface area contributed by atoms with Gasteiger partial charge in [-0.3, -0.25) is 4.79 Å². The van der Waals surface area contributed by atoms with Crippen molar-refractivity contribution in [1.29, 1.82) is 0 Å². The molecular formula is C23H24N2O4. The summed E-state index contributed by atoms with van der Waals surface area (Å²) in [6.45, 7) is 5.84. The number of ketones is 1. The monoisotopic (exact) mass is 392 g/mol. The number of fused-ring (bicyclic) bond motifs is 1. The fourth-order valence-corrected chi connectivity index (χ4v) is 3.08. The molecule has 3 aromatic rings. The molecule has 0 atom stereocenters. The van der Waals surface area contributed by atoms with Crippen LogP contribution in [0.1, 0.15) is 32.9 Å². The van der Waals surface area contributed by atoms with Gasteiger partial charge in [0.2, 0.25) is 11.5 Å². The molecule has 1 aromatic heterocycles. The van der Waals surface area contributed by atoms with E-state index in [0.717, 1.165) is 22.2 Å². The predicted octanol–water partition coefficient (Wildman–Crippen LogP) is 4.48. The normalized spacial score (nSPS) is 11.1. The van der Waals surface area contributed by atoms with E-state index in [9.17, 15) is 4.79 Å². The van der Waals surface area contributed by atoms with Gasteiger partial charge in [-0.2, -0.15) is 0 Å². The van der Waals surface area contributed by atoms with E-state index in [1.807, 2.05) is 26.0 Å². The molecule has 0 aliphatic rings. The van der Waals surface area contributed by atoms with Crippen LogP contribution in [0.4, 0.5) is 0 Å². The van der Waals surface area contributed by atoms with Crippen molar-refractivity contribution in [2.75, 3.05) is 21.3 Å². The van der Waals surface area contributed by atoms with Crippen LogP contribution in [0, 0.1) is 20.8 Å². The van der Waals surface area contributed by atoms with E-state index < -0.39 is 0 Å². The number of rotatable bonds is 6. The molecule has 0 saturated heterocycles. The number of hydrogen-bond acceptors (Lipinski definition) is 6. The van der Waals surface area contributed by atoms with E-state index in [1.54, 1.807) is 46.5 Å². The number of allylic oxidation sites excluding steroid dienone is 1. The van der Waals surface area contributed by atoms with Gasteiger partial charge in [0.15, 0.2) is 11.5 Å². The minimum atomic E-state index is -0.219. The Balaban J connectivity index is 1.97. The number of ether oxygens (including phenoxy) is 3. The lowest BCUT2D eigenvalue weighted by molar-refractivity contribution is 0.104. The summed E-state index contributed by atoms with van der Waals surface area (Å²) in [5.41, 5.74) is 5.43. The molecule has 0 aliphatic carbocycles. The molecule has 0 amide bonds. The highest BCUT2D eigenvalue weighted by Gasteiger charge is 2.14. The third kappa shape index (κ3) is 4.06. The van der Waals surface area contributed by atoms with Crippen molar-refractivity contribution >= 4 is 22.9 Å². The molecule has 6 heteroatoms. The summed E-state index contributed by atoms with van der Waals surface area (Å²) in [5.74, 6) is 1.32. The third-order valence-electron chi connectivity index (χ3n) is 4.80. The highest BCUT2D eigenvalue weighted by molar-refractivity contribution is 6.07. The molecule has 0 N–H and O–H groups in total. The first-order chi connectivity index (χ1) is 13.9. The quantitative estimate of drug-likeness (QED) is 0.455. The molecule has 3 rings (SSSR count). The summed E-state index contributed by atoms with van der Waals surface area (Å²) in [6.07, 6.45) is 3.17. The number of aromatic nitrogens is 2. The van der Waals surface area contributed by atoms with Crippen LogP contribution in [-0.2, 0) is 0 Å². The average molecular weight is 392 g/mol. The lowest BCUT2D eigenvalue weighted by Gasteiger charge is -2.12. The number of carbonyl (C=O) groups is 1. The molecule has 150 valence electrons. The summed E-state index contributed by atoms with van der Waals surface area (Å²) < 4.78 is 16.0. The minimum Gasteiger partial charge on any atom is -0.493 e. The van der Waals surface area contributed by atoms with Crippen molar-refractivity contribution < 1.29 is 19.0 Å². The van der Waals surface area contributed by atoms with E-state index in [-0.39, 0.29) is 5.78 Å². The minimum absolute atomic E-state index is 0.219. The number of nitrogens with zero attached hydrogens (tertiary/aromatic N) is 2. The van der Waals surface area contributed by atoms with Crippen molar-refractivity contribution in [2.45, 2.75) is 20.8 Å². The van der Waals surface area contributed by atoms with Gasteiger partial charge in [-0.1, -0.05) is 6.08 Å². The second kappa shape index (κ2) is 8.31. The number of benzene rings is 2. The van der Waals surface area contributed by atoms with Crippen molar-refractivity contribution in [3.05, 3.63) is 58.4 Å². The van der Waals surface area contributed by atoms with Gasteiger partial charge in [-0.15, -0.1) is 0 Å². The van der Waals surface area contributed by atoms with Crippen LogP contribution in [0.25, 0.3) is 17.1 Å². The lowest BCUT2D eigenvalue weighted by atomic mass is 10.1. The van der Waals surface area contributed by atoms with E-state index >= 15 is 0 Å². The standard InChI is InChI=1S/C23H24N2O4/c1-13-9-17-18(10-14(13)2)25-22(15(3)24-17)19(26)8-7-16-11-20(27-4)23(29-6)21(12-16)28-5/h7-12H,1-6H3/b8-7+. The Bertz CT molecular complexity index is 1090. The average Bonchev–Trinajstić information content (AvgIpc) is 2.71. The Labute approximate surface area is 170 Å². The van der Waals surface area contributed by atoms with Crippen LogP contribution in [0.5, 0.6) is 17.2 Å². The van der Waals surface area contributed by atoms with Gasteiger partial charge in [0.05, 0.1) is 38.1 Å². The van der Waals surface area contributed by atoms with Crippen molar-refractivity contribution in [2.24, 2.45) is 0 Å². The van der Waals surface area contributed by atoms with E-state index in [2.05, 4.69) is 9.97 Å². The molecule has 0 spiro atoms. The summed E-state index contributed by atoms with van der Waals surface area (Å²) in [6, 6.07) is 7.49. The highest BCUT2D eigenvalue weighted by atomic mass is 16.5. The van der Waals surface area contributed by atoms with Crippen molar-refractivity contribution in [1.82, 2.24) is 9.97 Å². The molecule has 0 unspecified atom stereocenters. The molecule has 29 heavy (non-hydrogen) atoms. The van der Waals surface area contributed by atoms with Crippen LogP contribution >= 0.6 is 0 Å². The van der Waals surface area contributed by atoms with Crippen LogP contribution in [-0.4, -0.2) is 37.1 Å². The lowest BCUT2D eigenvalue weighted by Crippen LogP contribution is -2.05. The zero-order valence-corrected chi connectivity index (χ0v) is 17.5. The van der Waals surface area contributed by atoms with Gasteiger partial charge in [0, 0.05) is 0 Å². The largest absolute Gasteiger partial charge is 0.493 e. The first-order valence-electron chi connectivity index (χ1n) is 9.16. The third-order valence-corrected chi connectivity index (χ3v) is 4.80. The molecular weight excluding hydrogens is 368 g/mol. The maximum atomic E-state index is 12.8. The Hall–Kier alpha value is -3.41. The number of hydrogen-bond donors (Lipinski definition) is 0. The highest BCUT2D eigenvalue weighted by Crippen LogP contribution is 2.38. The van der Waals surface area contributed by atoms with E-state index in [4.69, 9.17) is 14.2 Å². The van der Waals surface area contributed by atoms with Crippen molar-refractivity contribution in [3.8, 4) is 17.2 Å². The topological polar surface area (TPSA) is 70.5 Å². The molecule has 0 radical (unpaired) electrons. The van der Waals surface area contributed by atoms with E-state index in [0.29, 0.717) is 34.2 Å². The number of aryl methyl sites for hydroxylation is 3. The Morgan fingerprint density at radius 1 is 0.828 bits per heavy atom. The Morgan fingerprint density at radius 2 is 1.38 bits per heavy atom. The smallest absolute Gasteiger partial charge is 0.206 e. The van der Waals surface area contributed by atoms with E-state index in [1.165, 1.54) is 6.08 Å². The van der Waals surface area contributed by atoms with Crippen LogP contribution in [0.3, 0.4) is 0 Å². The summed E-state index contributed by atoms with van der Waals surface area (Å²) in [7, 11) is 4.64. The Kier molecular flexibility index (Phi) is 5.82. The molecule has 2 aromatic carbocycles. The van der Waals surface area contributed by atoms with Crippen molar-refractivity contribution in [3.63, 3.8) is 0 Å². The molecule has 0 fully saturated rings. The van der Waals surface area contributed by atoms with Gasteiger partial charge in [0.25, 0.3) is 0 Å². The second-order valence-electron chi connectivity index (χ2n) is 6.74. The zero-order chi connectivity index (χ0) is 21.1. The SMILES string of the molecule is COc1cc(/C=C/C(=O)c2nc3cc(C)c(C)cc3nc2C)cc(OC)c1OC. The van der Waals surface area contributed by atoms with Gasteiger partial charge in [-0.25, -0.2) is 9.97 Å². The van der Waals surface area contributed by atoms with Gasteiger partial charge in [-0.05, 0) is 67.8 Å². The summed E-state index contributed by atoms with van der Waals surface area (Å²) in [5, 5.41) is 0. The molecule has 0 aliphatic heterocycles. The first kappa shape index (κ1) is 20.3. The van der Waals surface area contributed by atoms with Crippen LogP contribution < -0.4 is 14.2 Å². The van der Waals surface area contributed by atoms with Gasteiger partial charge < -0.3 is 14.2 Å². The molecule has 6 nitrogen and oxygen atoms in total. The fourth-order valence-electron chi connectivity index (χ4n) is 3.08. The summed E-state index contributed by atoms with van der Waals surface area (Å²) in [4.78, 5) is 21.9. The molecule has 1 heterocycles. The fraction of sp³-hybridized carbons (Fsp3) is 0.261. The van der Waals surface area contributed by atoms with Crippen LogP contribution in [0.2, 0.25) is 0 Å². The first-order valence-corrected chi connectivity index (χ1v) is 9.16.